The Bertz CT molecular complexity index is 830. The number of hydrogen-bond donors (Lipinski definition) is 2. The molecule has 0 saturated carbocycles. The fourth-order valence-electron chi connectivity index (χ4n) is 2.76. The molecule has 1 aliphatic rings. The fraction of sp³-hybridized carbons (Fsp3) is 0.316. The first-order valence-electron chi connectivity index (χ1n) is 8.58. The summed E-state index contributed by atoms with van der Waals surface area (Å²) in [7, 11) is -3.61. The average Bonchev–Trinajstić information content (AvgIpc) is 3.19. The van der Waals surface area contributed by atoms with Gasteiger partial charge in [-0.2, -0.15) is 0 Å². The minimum absolute atomic E-state index is 0.0622. The first-order chi connectivity index (χ1) is 12.5. The van der Waals surface area contributed by atoms with E-state index in [-0.39, 0.29) is 23.5 Å². The molecule has 138 valence electrons. The first kappa shape index (κ1) is 18.6. The van der Waals surface area contributed by atoms with Gasteiger partial charge in [-0.15, -0.1) is 0 Å². The highest BCUT2D eigenvalue weighted by atomic mass is 32.2. The third-order valence-corrected chi connectivity index (χ3v) is 5.69. The van der Waals surface area contributed by atoms with E-state index in [2.05, 4.69) is 10.0 Å². The Kier molecular flexibility index (Phi) is 6.03. The van der Waals surface area contributed by atoms with E-state index in [4.69, 9.17) is 4.74 Å². The van der Waals surface area contributed by atoms with Crippen molar-refractivity contribution in [3.05, 3.63) is 65.7 Å². The average molecular weight is 374 g/mol. The van der Waals surface area contributed by atoms with Crippen LogP contribution in [0.1, 0.15) is 28.8 Å². The molecule has 2 aromatic rings. The molecule has 1 heterocycles. The van der Waals surface area contributed by atoms with Gasteiger partial charge in [0.1, 0.15) is 0 Å². The van der Waals surface area contributed by atoms with Gasteiger partial charge in [-0.05, 0) is 42.7 Å². The van der Waals surface area contributed by atoms with Crippen LogP contribution in [0.15, 0.2) is 59.5 Å². The number of hydrogen-bond acceptors (Lipinski definition) is 4. The number of ether oxygens (including phenoxy) is 1. The predicted octanol–water partition coefficient (Wildman–Crippen LogP) is 2.07. The molecule has 3 rings (SSSR count). The lowest BCUT2D eigenvalue weighted by atomic mass is 10.2. The van der Waals surface area contributed by atoms with Gasteiger partial charge in [0.15, 0.2) is 0 Å². The number of benzene rings is 2. The van der Waals surface area contributed by atoms with Crippen molar-refractivity contribution in [1.29, 1.82) is 0 Å². The third kappa shape index (κ3) is 4.91. The zero-order valence-electron chi connectivity index (χ0n) is 14.4. The molecule has 0 radical (unpaired) electrons. The van der Waals surface area contributed by atoms with E-state index in [1.165, 1.54) is 24.3 Å². The SMILES string of the molecule is O=C(NCc1ccccc1)c1ccc(S(=O)(=O)NCC2CCCO2)cc1. The molecule has 1 atom stereocenters. The summed E-state index contributed by atoms with van der Waals surface area (Å²) in [6.45, 7) is 1.36. The molecule has 1 amide bonds. The van der Waals surface area contributed by atoms with Crippen molar-refractivity contribution in [3.8, 4) is 0 Å². The van der Waals surface area contributed by atoms with E-state index in [1.807, 2.05) is 30.3 Å². The second kappa shape index (κ2) is 8.44. The van der Waals surface area contributed by atoms with Gasteiger partial charge in [0.25, 0.3) is 5.91 Å². The number of sulfonamides is 1. The molecule has 0 aliphatic carbocycles. The fourth-order valence-corrected chi connectivity index (χ4v) is 3.82. The molecule has 7 heteroatoms. The third-order valence-electron chi connectivity index (χ3n) is 4.25. The molecule has 1 fully saturated rings. The van der Waals surface area contributed by atoms with Gasteiger partial charge >= 0.3 is 0 Å². The van der Waals surface area contributed by atoms with E-state index in [1.54, 1.807) is 0 Å². The summed E-state index contributed by atoms with van der Waals surface area (Å²) in [6.07, 6.45) is 1.76. The molecule has 1 saturated heterocycles. The molecule has 0 aromatic heterocycles. The molecule has 26 heavy (non-hydrogen) atoms. The maximum Gasteiger partial charge on any atom is 0.251 e. The molecule has 1 aliphatic heterocycles. The minimum Gasteiger partial charge on any atom is -0.377 e. The summed E-state index contributed by atoms with van der Waals surface area (Å²) < 4.78 is 32.6. The Hall–Kier alpha value is -2.22. The highest BCUT2D eigenvalue weighted by molar-refractivity contribution is 7.89. The summed E-state index contributed by atoms with van der Waals surface area (Å²) in [5.41, 5.74) is 1.41. The lowest BCUT2D eigenvalue weighted by Gasteiger charge is -2.12. The summed E-state index contributed by atoms with van der Waals surface area (Å²) >= 11 is 0. The van der Waals surface area contributed by atoms with Crippen LogP contribution < -0.4 is 10.0 Å². The molecular weight excluding hydrogens is 352 g/mol. The summed E-state index contributed by atoms with van der Waals surface area (Å²) in [4.78, 5) is 12.3. The Labute approximate surface area is 153 Å². The van der Waals surface area contributed by atoms with Crippen LogP contribution in [0.25, 0.3) is 0 Å². The number of carbonyl (C=O) groups is 1. The quantitative estimate of drug-likeness (QED) is 0.777. The van der Waals surface area contributed by atoms with Crippen LogP contribution in [-0.2, 0) is 21.3 Å². The zero-order valence-corrected chi connectivity index (χ0v) is 15.2. The van der Waals surface area contributed by atoms with E-state index >= 15 is 0 Å². The molecule has 1 unspecified atom stereocenters. The van der Waals surface area contributed by atoms with E-state index in [0.29, 0.717) is 18.7 Å². The molecule has 0 bridgehead atoms. The zero-order chi connectivity index (χ0) is 18.4. The predicted molar refractivity (Wildman–Crippen MR) is 98.2 cm³/mol. The smallest absolute Gasteiger partial charge is 0.251 e. The first-order valence-corrected chi connectivity index (χ1v) is 10.1. The van der Waals surface area contributed by atoms with Crippen LogP contribution in [0, 0.1) is 0 Å². The molecular formula is C19H22N2O4S. The topological polar surface area (TPSA) is 84.5 Å². The Balaban J connectivity index is 1.57. The summed E-state index contributed by atoms with van der Waals surface area (Å²) in [5, 5.41) is 2.82. The number of rotatable bonds is 7. The van der Waals surface area contributed by atoms with Crippen LogP contribution in [0.5, 0.6) is 0 Å². The van der Waals surface area contributed by atoms with Gasteiger partial charge in [0.05, 0.1) is 11.0 Å². The van der Waals surface area contributed by atoms with Crippen molar-refractivity contribution in [2.24, 2.45) is 0 Å². The lowest BCUT2D eigenvalue weighted by molar-refractivity contribution is 0.0951. The van der Waals surface area contributed by atoms with Gasteiger partial charge in [0, 0.05) is 25.3 Å². The van der Waals surface area contributed by atoms with E-state index in [0.717, 1.165) is 18.4 Å². The van der Waals surface area contributed by atoms with E-state index < -0.39 is 10.0 Å². The lowest BCUT2D eigenvalue weighted by Crippen LogP contribution is -2.31. The van der Waals surface area contributed by atoms with Gasteiger partial charge in [-0.1, -0.05) is 30.3 Å². The number of carbonyl (C=O) groups excluding carboxylic acids is 1. The minimum atomic E-state index is -3.61. The molecule has 6 nitrogen and oxygen atoms in total. The summed E-state index contributed by atoms with van der Waals surface area (Å²) in [6, 6.07) is 15.5. The second-order valence-electron chi connectivity index (χ2n) is 6.18. The molecule has 2 N–H and O–H groups in total. The van der Waals surface area contributed by atoms with Crippen LogP contribution in [0.2, 0.25) is 0 Å². The summed E-state index contributed by atoms with van der Waals surface area (Å²) in [5.74, 6) is -0.245. The normalized spacial score (nSPS) is 17.2. The van der Waals surface area contributed by atoms with Gasteiger partial charge < -0.3 is 10.1 Å². The van der Waals surface area contributed by atoms with Gasteiger partial charge in [-0.25, -0.2) is 13.1 Å². The van der Waals surface area contributed by atoms with Gasteiger partial charge in [0.2, 0.25) is 10.0 Å². The number of amides is 1. The number of nitrogens with one attached hydrogen (secondary N) is 2. The second-order valence-corrected chi connectivity index (χ2v) is 7.95. The van der Waals surface area contributed by atoms with Crippen LogP contribution in [0.3, 0.4) is 0 Å². The van der Waals surface area contributed by atoms with E-state index in [9.17, 15) is 13.2 Å². The van der Waals surface area contributed by atoms with Gasteiger partial charge in [-0.3, -0.25) is 4.79 Å². The highest BCUT2D eigenvalue weighted by Gasteiger charge is 2.20. The van der Waals surface area contributed by atoms with Crippen molar-refractivity contribution in [2.45, 2.75) is 30.4 Å². The monoisotopic (exact) mass is 374 g/mol. The Morgan fingerprint density at radius 2 is 1.81 bits per heavy atom. The maximum absolute atomic E-state index is 12.3. The van der Waals surface area contributed by atoms with Crippen molar-refractivity contribution in [2.75, 3.05) is 13.2 Å². The largest absolute Gasteiger partial charge is 0.377 e. The maximum atomic E-state index is 12.3. The van der Waals surface area contributed by atoms with Crippen molar-refractivity contribution in [3.63, 3.8) is 0 Å². The van der Waals surface area contributed by atoms with Crippen molar-refractivity contribution < 1.29 is 17.9 Å². The van der Waals surface area contributed by atoms with Crippen LogP contribution in [-0.4, -0.2) is 33.6 Å². The molecule has 0 spiro atoms. The van der Waals surface area contributed by atoms with Crippen molar-refractivity contribution in [1.82, 2.24) is 10.0 Å². The Morgan fingerprint density at radius 1 is 1.08 bits per heavy atom. The molecule has 2 aromatic carbocycles. The highest BCUT2D eigenvalue weighted by Crippen LogP contribution is 2.14. The Morgan fingerprint density at radius 3 is 2.46 bits per heavy atom. The van der Waals surface area contributed by atoms with Crippen molar-refractivity contribution >= 4 is 15.9 Å². The van der Waals surface area contributed by atoms with Crippen LogP contribution >= 0.6 is 0 Å². The standard InChI is InChI=1S/C19H22N2O4S/c22-19(20-13-15-5-2-1-3-6-15)16-8-10-18(11-9-16)26(23,24)21-14-17-7-4-12-25-17/h1-3,5-6,8-11,17,21H,4,7,12-14H2,(H,20,22). The van der Waals surface area contributed by atoms with Crippen LogP contribution in [0.4, 0.5) is 0 Å².